The van der Waals surface area contributed by atoms with Crippen LogP contribution >= 0.6 is 24.0 Å². The fraction of sp³-hybridized carbons (Fsp3) is 0.526. The Bertz CT molecular complexity index is 739. The Labute approximate surface area is 178 Å². The van der Waals surface area contributed by atoms with Gasteiger partial charge in [-0.3, -0.25) is 9.89 Å². The Morgan fingerprint density at radius 1 is 1.30 bits per heavy atom. The first-order valence-corrected chi connectivity index (χ1v) is 9.16. The van der Waals surface area contributed by atoms with E-state index in [0.717, 1.165) is 38.4 Å². The van der Waals surface area contributed by atoms with E-state index in [2.05, 4.69) is 61.9 Å². The lowest BCUT2D eigenvalue weighted by atomic mass is 10.0. The van der Waals surface area contributed by atoms with E-state index in [1.807, 2.05) is 0 Å². The second-order valence-electron chi connectivity index (χ2n) is 6.84. The van der Waals surface area contributed by atoms with E-state index in [4.69, 9.17) is 4.52 Å². The van der Waals surface area contributed by atoms with E-state index in [1.165, 1.54) is 11.1 Å². The van der Waals surface area contributed by atoms with Crippen molar-refractivity contribution in [3.63, 3.8) is 0 Å². The molecule has 3 rings (SSSR count). The summed E-state index contributed by atoms with van der Waals surface area (Å²) in [4.78, 5) is 11.0. The molecular weight excluding hydrogens is 455 g/mol. The third-order valence-electron chi connectivity index (χ3n) is 4.62. The number of benzene rings is 1. The molecule has 0 amide bonds. The van der Waals surface area contributed by atoms with Gasteiger partial charge in [-0.1, -0.05) is 35.0 Å². The molecule has 1 aromatic heterocycles. The molecule has 0 bridgehead atoms. The Morgan fingerprint density at radius 3 is 2.70 bits per heavy atom. The Morgan fingerprint density at radius 2 is 2.07 bits per heavy atom. The van der Waals surface area contributed by atoms with Gasteiger partial charge in [0.05, 0.1) is 6.54 Å². The molecule has 0 atom stereocenters. The standard InChI is InChI=1S/C19H28N6O.HI/c1-14-5-4-6-16(11-14)13-25-9-7-17(8-10-25)23-19(20-3)21-12-18-22-15(2)26-24-18;/h4-6,11,17H,7-10,12-13H2,1-3H3,(H2,20,21,23);1H. The minimum absolute atomic E-state index is 0. The normalized spacial score (nSPS) is 16.0. The van der Waals surface area contributed by atoms with Crippen LogP contribution in [0.2, 0.25) is 0 Å². The van der Waals surface area contributed by atoms with Crippen LogP contribution in [0.1, 0.15) is 35.7 Å². The van der Waals surface area contributed by atoms with Crippen molar-refractivity contribution >= 4 is 29.9 Å². The minimum atomic E-state index is 0. The van der Waals surface area contributed by atoms with Gasteiger partial charge in [0, 0.05) is 39.6 Å². The Hall–Kier alpha value is -1.68. The van der Waals surface area contributed by atoms with E-state index < -0.39 is 0 Å². The van der Waals surface area contributed by atoms with Crippen molar-refractivity contribution in [2.45, 2.75) is 45.8 Å². The summed E-state index contributed by atoms with van der Waals surface area (Å²) >= 11 is 0. The van der Waals surface area contributed by atoms with E-state index in [1.54, 1.807) is 14.0 Å². The van der Waals surface area contributed by atoms with Gasteiger partial charge in [-0.15, -0.1) is 24.0 Å². The summed E-state index contributed by atoms with van der Waals surface area (Å²) in [5.74, 6) is 1.99. The summed E-state index contributed by atoms with van der Waals surface area (Å²) in [5, 5.41) is 10.6. The lowest BCUT2D eigenvalue weighted by Crippen LogP contribution is -2.48. The number of likely N-dealkylation sites (tertiary alicyclic amines) is 1. The van der Waals surface area contributed by atoms with Gasteiger partial charge < -0.3 is 15.2 Å². The summed E-state index contributed by atoms with van der Waals surface area (Å²) in [5.41, 5.74) is 2.72. The molecule has 2 aromatic rings. The summed E-state index contributed by atoms with van der Waals surface area (Å²) in [6.07, 6.45) is 2.21. The van der Waals surface area contributed by atoms with Crippen molar-refractivity contribution in [1.29, 1.82) is 0 Å². The average molecular weight is 484 g/mol. The monoisotopic (exact) mass is 484 g/mol. The zero-order chi connectivity index (χ0) is 18.4. The predicted molar refractivity (Wildman–Crippen MR) is 117 cm³/mol. The number of nitrogens with zero attached hydrogens (tertiary/aromatic N) is 4. The fourth-order valence-electron chi connectivity index (χ4n) is 3.27. The molecule has 1 fully saturated rings. The lowest BCUT2D eigenvalue weighted by Gasteiger charge is -2.33. The third kappa shape index (κ3) is 6.76. The lowest BCUT2D eigenvalue weighted by molar-refractivity contribution is 0.198. The molecule has 7 nitrogen and oxygen atoms in total. The predicted octanol–water partition coefficient (Wildman–Crippen LogP) is 2.63. The molecule has 1 aliphatic heterocycles. The molecule has 0 spiro atoms. The molecule has 0 saturated carbocycles. The van der Waals surface area contributed by atoms with Gasteiger partial charge in [-0.25, -0.2) is 0 Å². The molecular formula is C19H29IN6O. The fourth-order valence-corrected chi connectivity index (χ4v) is 3.27. The van der Waals surface area contributed by atoms with Crippen LogP contribution in [0, 0.1) is 13.8 Å². The van der Waals surface area contributed by atoms with E-state index in [9.17, 15) is 0 Å². The van der Waals surface area contributed by atoms with Crippen molar-refractivity contribution in [3.05, 3.63) is 47.1 Å². The highest BCUT2D eigenvalue weighted by Gasteiger charge is 2.20. The zero-order valence-corrected chi connectivity index (χ0v) is 18.6. The number of piperidine rings is 1. The third-order valence-corrected chi connectivity index (χ3v) is 4.62. The summed E-state index contributed by atoms with van der Waals surface area (Å²) < 4.78 is 4.98. The van der Waals surface area contributed by atoms with Crippen molar-refractivity contribution in [3.8, 4) is 0 Å². The molecule has 1 aliphatic rings. The van der Waals surface area contributed by atoms with Crippen molar-refractivity contribution < 1.29 is 4.52 Å². The van der Waals surface area contributed by atoms with Gasteiger partial charge >= 0.3 is 0 Å². The highest BCUT2D eigenvalue weighted by atomic mass is 127. The maximum atomic E-state index is 4.98. The number of aryl methyl sites for hydroxylation is 2. The van der Waals surface area contributed by atoms with Crippen molar-refractivity contribution in [1.82, 2.24) is 25.7 Å². The number of halogens is 1. The first kappa shape index (κ1) is 21.6. The van der Waals surface area contributed by atoms with E-state index >= 15 is 0 Å². The van der Waals surface area contributed by atoms with Crippen molar-refractivity contribution in [2.75, 3.05) is 20.1 Å². The first-order chi connectivity index (χ1) is 12.6. The largest absolute Gasteiger partial charge is 0.354 e. The second kappa shape index (κ2) is 10.6. The highest BCUT2D eigenvalue weighted by Crippen LogP contribution is 2.14. The van der Waals surface area contributed by atoms with Gasteiger partial charge in [0.1, 0.15) is 0 Å². The number of hydrogen-bond donors (Lipinski definition) is 2. The first-order valence-electron chi connectivity index (χ1n) is 9.16. The van der Waals surface area contributed by atoms with Gasteiger partial charge in [0.2, 0.25) is 5.89 Å². The van der Waals surface area contributed by atoms with Crippen LogP contribution < -0.4 is 10.6 Å². The molecule has 0 radical (unpaired) electrons. The maximum Gasteiger partial charge on any atom is 0.223 e. The number of guanidine groups is 1. The van der Waals surface area contributed by atoms with Crippen LogP contribution in [-0.4, -0.2) is 47.2 Å². The van der Waals surface area contributed by atoms with Crippen LogP contribution in [0.25, 0.3) is 0 Å². The highest BCUT2D eigenvalue weighted by molar-refractivity contribution is 14.0. The van der Waals surface area contributed by atoms with Crippen molar-refractivity contribution in [2.24, 2.45) is 4.99 Å². The number of aliphatic imine (C=N–C) groups is 1. The molecule has 2 N–H and O–H groups in total. The summed E-state index contributed by atoms with van der Waals surface area (Å²) in [6.45, 7) is 7.64. The topological polar surface area (TPSA) is 78.6 Å². The van der Waals surface area contributed by atoms with Gasteiger partial charge in [0.15, 0.2) is 11.8 Å². The Balaban J connectivity index is 0.00000261. The van der Waals surface area contributed by atoms with Crippen LogP contribution in [0.4, 0.5) is 0 Å². The number of aromatic nitrogens is 2. The summed E-state index contributed by atoms with van der Waals surface area (Å²) in [6, 6.07) is 9.20. The average Bonchev–Trinajstić information content (AvgIpc) is 3.05. The minimum Gasteiger partial charge on any atom is -0.354 e. The van der Waals surface area contributed by atoms with Crippen LogP contribution in [0.3, 0.4) is 0 Å². The van der Waals surface area contributed by atoms with Gasteiger partial charge in [-0.05, 0) is 25.3 Å². The second-order valence-corrected chi connectivity index (χ2v) is 6.84. The molecule has 0 unspecified atom stereocenters. The molecule has 2 heterocycles. The van der Waals surface area contributed by atoms with E-state index in [-0.39, 0.29) is 24.0 Å². The number of rotatable bonds is 5. The molecule has 8 heteroatoms. The van der Waals surface area contributed by atoms with Crippen LogP contribution in [-0.2, 0) is 13.1 Å². The number of hydrogen-bond acceptors (Lipinski definition) is 5. The van der Waals surface area contributed by atoms with Crippen LogP contribution in [0.15, 0.2) is 33.8 Å². The molecule has 0 aliphatic carbocycles. The van der Waals surface area contributed by atoms with E-state index in [0.29, 0.717) is 24.3 Å². The summed E-state index contributed by atoms with van der Waals surface area (Å²) in [7, 11) is 1.78. The quantitative estimate of drug-likeness (QED) is 0.386. The smallest absolute Gasteiger partial charge is 0.223 e. The van der Waals surface area contributed by atoms with Crippen LogP contribution in [0.5, 0.6) is 0 Å². The Kier molecular flexibility index (Phi) is 8.49. The number of nitrogens with one attached hydrogen (secondary N) is 2. The molecule has 27 heavy (non-hydrogen) atoms. The molecule has 1 saturated heterocycles. The van der Waals surface area contributed by atoms with Gasteiger partial charge in [0.25, 0.3) is 0 Å². The van der Waals surface area contributed by atoms with Gasteiger partial charge in [-0.2, -0.15) is 4.98 Å². The maximum absolute atomic E-state index is 4.98. The zero-order valence-electron chi connectivity index (χ0n) is 16.2. The molecule has 1 aromatic carbocycles. The SMILES string of the molecule is CN=C(NCc1noc(C)n1)NC1CCN(Cc2cccc(C)c2)CC1.I. The molecule has 148 valence electrons.